The molecule has 0 spiro atoms. The number of nitrogens with one attached hydrogen (secondary N) is 1. The molecule has 1 N–H and O–H groups in total. The van der Waals surface area contributed by atoms with Gasteiger partial charge in [-0.2, -0.15) is 22.5 Å². The van der Waals surface area contributed by atoms with Crippen molar-refractivity contribution in [1.82, 2.24) is 19.3 Å². The first-order valence-corrected chi connectivity index (χ1v) is 12.2. The summed E-state index contributed by atoms with van der Waals surface area (Å²) >= 11 is 0.936. The van der Waals surface area contributed by atoms with Crippen molar-refractivity contribution < 1.29 is 27.5 Å². The third-order valence-corrected chi connectivity index (χ3v) is 6.49. The Kier molecular flexibility index (Phi) is 6.58. The Balaban J connectivity index is 1.66. The molecule has 4 rings (SSSR count). The molecule has 3 aromatic heterocycles. The van der Waals surface area contributed by atoms with Crippen LogP contribution in [0.25, 0.3) is 11.5 Å². The standard InChI is InChI=1S/C24H26F3N7O3S/c1-22(2,3)37-21(36)34(7)15-8-12(24(25,26)27)10-29-18(15)31-20-30-17(32-38-20)14-9-13-16(11-28-14)33(6)19(35)23(13,4)5/h8-11H,1-7H3,(H,29,30,31,32). The first kappa shape index (κ1) is 27.2. The maximum Gasteiger partial charge on any atom is 0.417 e. The summed E-state index contributed by atoms with van der Waals surface area (Å²) in [4.78, 5) is 40.4. The molecule has 38 heavy (non-hydrogen) atoms. The molecule has 0 aliphatic carbocycles. The van der Waals surface area contributed by atoms with Gasteiger partial charge in [-0.15, -0.1) is 0 Å². The van der Waals surface area contributed by atoms with Gasteiger partial charge in [-0.1, -0.05) is 0 Å². The lowest BCUT2D eigenvalue weighted by atomic mass is 9.86. The van der Waals surface area contributed by atoms with Gasteiger partial charge >= 0.3 is 12.3 Å². The van der Waals surface area contributed by atoms with Gasteiger partial charge < -0.3 is 15.0 Å². The Bertz CT molecular complexity index is 1420. The molecule has 0 unspecified atom stereocenters. The van der Waals surface area contributed by atoms with E-state index < -0.39 is 28.8 Å². The molecule has 0 radical (unpaired) electrons. The predicted molar refractivity (Wildman–Crippen MR) is 137 cm³/mol. The molecule has 202 valence electrons. The number of hydrogen-bond donors (Lipinski definition) is 1. The van der Waals surface area contributed by atoms with Crippen molar-refractivity contribution in [1.29, 1.82) is 0 Å². The van der Waals surface area contributed by atoms with E-state index in [-0.39, 0.29) is 28.4 Å². The van der Waals surface area contributed by atoms with Crippen LogP contribution < -0.4 is 15.1 Å². The van der Waals surface area contributed by atoms with Crippen molar-refractivity contribution in [3.8, 4) is 11.5 Å². The number of carbonyl (C=O) groups is 2. The van der Waals surface area contributed by atoms with E-state index in [0.29, 0.717) is 17.6 Å². The maximum absolute atomic E-state index is 13.4. The second-order valence-corrected chi connectivity index (χ2v) is 11.0. The third kappa shape index (κ3) is 5.12. The Hall–Kier alpha value is -3.81. The van der Waals surface area contributed by atoms with E-state index in [0.717, 1.165) is 28.1 Å². The number of amides is 2. The quantitative estimate of drug-likeness (QED) is 0.461. The van der Waals surface area contributed by atoms with E-state index >= 15 is 0 Å². The summed E-state index contributed by atoms with van der Waals surface area (Å²) in [6.45, 7) is 8.58. The molecule has 0 fully saturated rings. The smallest absolute Gasteiger partial charge is 0.417 e. The number of likely N-dealkylation sites (N-methyl/N-ethyl adjacent to an activating group) is 1. The van der Waals surface area contributed by atoms with Gasteiger partial charge in [0.25, 0.3) is 0 Å². The highest BCUT2D eigenvalue weighted by molar-refractivity contribution is 7.09. The number of aromatic nitrogens is 4. The summed E-state index contributed by atoms with van der Waals surface area (Å²) in [6.07, 6.45) is -3.29. The number of pyridine rings is 2. The Morgan fingerprint density at radius 2 is 1.84 bits per heavy atom. The molecular formula is C24H26F3N7O3S. The topological polar surface area (TPSA) is 113 Å². The number of fused-ring (bicyclic) bond motifs is 1. The third-order valence-electron chi connectivity index (χ3n) is 5.86. The lowest BCUT2D eigenvalue weighted by Gasteiger charge is -2.26. The molecule has 3 aromatic rings. The molecule has 14 heteroatoms. The van der Waals surface area contributed by atoms with Gasteiger partial charge in [0, 0.05) is 31.8 Å². The van der Waals surface area contributed by atoms with Crippen LogP contribution in [-0.4, -0.2) is 51.0 Å². The van der Waals surface area contributed by atoms with E-state index in [1.165, 1.54) is 7.05 Å². The van der Waals surface area contributed by atoms with Crippen LogP contribution in [0.1, 0.15) is 45.7 Å². The highest BCUT2D eigenvalue weighted by Crippen LogP contribution is 2.42. The first-order chi connectivity index (χ1) is 17.5. The first-order valence-electron chi connectivity index (χ1n) is 11.4. The number of nitrogens with zero attached hydrogens (tertiary/aromatic N) is 6. The van der Waals surface area contributed by atoms with Crippen molar-refractivity contribution in [2.45, 2.75) is 51.8 Å². The lowest BCUT2D eigenvalue weighted by molar-refractivity contribution is -0.137. The normalized spacial score (nSPS) is 14.9. The van der Waals surface area contributed by atoms with Crippen LogP contribution in [0.15, 0.2) is 24.5 Å². The van der Waals surface area contributed by atoms with Crippen molar-refractivity contribution in [2.75, 3.05) is 29.2 Å². The van der Waals surface area contributed by atoms with Gasteiger partial charge in [0.05, 0.1) is 28.6 Å². The highest BCUT2D eigenvalue weighted by atomic mass is 32.1. The van der Waals surface area contributed by atoms with E-state index in [4.69, 9.17) is 4.74 Å². The molecule has 0 saturated carbocycles. The number of ether oxygens (including phenoxy) is 1. The van der Waals surface area contributed by atoms with Gasteiger partial charge in [0.15, 0.2) is 11.6 Å². The van der Waals surface area contributed by atoms with Crippen molar-refractivity contribution in [3.05, 3.63) is 35.7 Å². The number of carbonyl (C=O) groups excluding carboxylic acids is 2. The van der Waals surface area contributed by atoms with Crippen LogP contribution in [0.4, 0.5) is 40.3 Å². The molecule has 2 amide bonds. The number of halogens is 3. The SMILES string of the molecule is CN1C(=O)C(C)(C)c2cc(-c3nsc(Nc4ncc(C(F)(F)F)cc4N(C)C(=O)OC(C)(C)C)n3)ncc21. The summed E-state index contributed by atoms with van der Waals surface area (Å²) in [5.41, 5.74) is -0.897. The minimum Gasteiger partial charge on any atom is -0.443 e. The van der Waals surface area contributed by atoms with Crippen LogP contribution in [-0.2, 0) is 21.1 Å². The molecular weight excluding hydrogens is 523 g/mol. The van der Waals surface area contributed by atoms with E-state index in [1.807, 2.05) is 13.8 Å². The highest BCUT2D eigenvalue weighted by Gasteiger charge is 2.42. The van der Waals surface area contributed by atoms with E-state index in [9.17, 15) is 22.8 Å². The molecule has 10 nitrogen and oxygen atoms in total. The van der Waals surface area contributed by atoms with Gasteiger partial charge in [-0.25, -0.2) is 9.78 Å². The molecule has 1 aliphatic heterocycles. The second kappa shape index (κ2) is 9.19. The van der Waals surface area contributed by atoms with Gasteiger partial charge in [0.1, 0.15) is 11.3 Å². The summed E-state index contributed by atoms with van der Waals surface area (Å²) in [5.74, 6) is 0.145. The summed E-state index contributed by atoms with van der Waals surface area (Å²) in [7, 11) is 2.97. The molecule has 0 saturated heterocycles. The predicted octanol–water partition coefficient (Wildman–Crippen LogP) is 5.38. The van der Waals surface area contributed by atoms with Crippen molar-refractivity contribution in [3.63, 3.8) is 0 Å². The van der Waals surface area contributed by atoms with Crippen LogP contribution in [0, 0.1) is 0 Å². The fourth-order valence-corrected chi connectivity index (χ4v) is 4.43. The maximum atomic E-state index is 13.4. The average molecular weight is 550 g/mol. The minimum atomic E-state index is -4.67. The minimum absolute atomic E-state index is 0.0515. The fraction of sp³-hybridized carbons (Fsp3) is 0.417. The van der Waals surface area contributed by atoms with Crippen molar-refractivity contribution >= 4 is 45.9 Å². The number of alkyl halides is 3. The largest absolute Gasteiger partial charge is 0.443 e. The van der Waals surface area contributed by atoms with Gasteiger partial charge in [0.2, 0.25) is 11.0 Å². The zero-order valence-electron chi connectivity index (χ0n) is 21.8. The van der Waals surface area contributed by atoms with E-state index in [1.54, 1.807) is 45.0 Å². The molecule has 4 heterocycles. The number of anilines is 4. The van der Waals surface area contributed by atoms with Crippen LogP contribution >= 0.6 is 11.5 Å². The average Bonchev–Trinajstić information content (AvgIpc) is 3.34. The van der Waals surface area contributed by atoms with Crippen molar-refractivity contribution in [2.24, 2.45) is 0 Å². The van der Waals surface area contributed by atoms with Crippen LogP contribution in [0.2, 0.25) is 0 Å². The Morgan fingerprint density at radius 3 is 2.47 bits per heavy atom. The van der Waals surface area contributed by atoms with E-state index in [2.05, 4.69) is 24.6 Å². The zero-order chi connectivity index (χ0) is 28.2. The lowest BCUT2D eigenvalue weighted by Crippen LogP contribution is -2.34. The number of rotatable bonds is 4. The molecule has 0 bridgehead atoms. The summed E-state index contributed by atoms with van der Waals surface area (Å²) in [6, 6.07) is 2.56. The number of hydrogen-bond acceptors (Lipinski definition) is 9. The van der Waals surface area contributed by atoms with Crippen LogP contribution in [0.3, 0.4) is 0 Å². The molecule has 0 atom stereocenters. The monoisotopic (exact) mass is 549 g/mol. The summed E-state index contributed by atoms with van der Waals surface area (Å²) in [5, 5.41) is 3.06. The van der Waals surface area contributed by atoms with Crippen LogP contribution in [0.5, 0.6) is 0 Å². The van der Waals surface area contributed by atoms with Gasteiger partial charge in [-0.3, -0.25) is 14.7 Å². The zero-order valence-corrected chi connectivity index (χ0v) is 22.6. The Labute approximate surface area is 221 Å². The van der Waals surface area contributed by atoms with Gasteiger partial charge in [-0.05, 0) is 52.3 Å². The molecule has 1 aliphatic rings. The Morgan fingerprint density at radius 1 is 1.16 bits per heavy atom. The summed E-state index contributed by atoms with van der Waals surface area (Å²) < 4.78 is 49.8. The fourth-order valence-electron chi connectivity index (χ4n) is 3.85. The molecule has 0 aromatic carbocycles. The second-order valence-electron chi connectivity index (χ2n) is 10.3.